The summed E-state index contributed by atoms with van der Waals surface area (Å²) in [6.45, 7) is 1.29. The van der Waals surface area contributed by atoms with Crippen LogP contribution in [0.2, 0.25) is 0 Å². The quantitative estimate of drug-likeness (QED) is 0.831. The summed E-state index contributed by atoms with van der Waals surface area (Å²) in [5.41, 5.74) is 0.729. The van der Waals surface area contributed by atoms with Crippen LogP contribution in [0.1, 0.15) is 16.5 Å². The number of carbonyl (C=O) groups excluding carboxylic acids is 1. The fourth-order valence-corrected chi connectivity index (χ4v) is 4.76. The molecule has 0 radical (unpaired) electrons. The first-order chi connectivity index (χ1) is 10.1. The second-order valence-electron chi connectivity index (χ2n) is 5.10. The Hall–Kier alpha value is -1.41. The first-order valence-corrected chi connectivity index (χ1v) is 9.14. The van der Waals surface area contributed by atoms with Crippen LogP contribution in [-0.4, -0.2) is 62.3 Å². The van der Waals surface area contributed by atoms with Gasteiger partial charge in [0.05, 0.1) is 0 Å². The van der Waals surface area contributed by atoms with E-state index in [0.717, 1.165) is 10.4 Å². The maximum atomic E-state index is 12.6. The highest BCUT2D eigenvalue weighted by Crippen LogP contribution is 2.34. The zero-order valence-electron chi connectivity index (χ0n) is 11.4. The third kappa shape index (κ3) is 2.69. The molecule has 1 aromatic heterocycles. The number of amides is 2. The highest BCUT2D eigenvalue weighted by molar-refractivity contribution is 7.85. The van der Waals surface area contributed by atoms with Crippen molar-refractivity contribution >= 4 is 34.1 Å². The molecule has 2 aliphatic rings. The van der Waals surface area contributed by atoms with Gasteiger partial charge in [-0.25, -0.2) is 9.59 Å². The zero-order chi connectivity index (χ0) is 15.0. The van der Waals surface area contributed by atoms with Crippen LogP contribution in [0.25, 0.3) is 0 Å². The molecule has 0 bridgehead atoms. The summed E-state index contributed by atoms with van der Waals surface area (Å²) in [5.74, 6) is -0.0505. The van der Waals surface area contributed by atoms with Crippen molar-refractivity contribution in [1.29, 1.82) is 0 Å². The third-order valence-corrected chi connectivity index (χ3v) is 6.17. The summed E-state index contributed by atoms with van der Waals surface area (Å²) in [7, 11) is -0.857. The average Bonchev–Trinajstić information content (AvgIpc) is 2.94. The van der Waals surface area contributed by atoms with Crippen LogP contribution in [0, 0.1) is 0 Å². The van der Waals surface area contributed by atoms with Gasteiger partial charge in [-0.2, -0.15) is 0 Å². The Morgan fingerprint density at radius 3 is 2.67 bits per heavy atom. The smallest absolute Gasteiger partial charge is 0.331 e. The van der Waals surface area contributed by atoms with E-state index in [1.165, 1.54) is 4.90 Å². The largest absolute Gasteiger partial charge is 0.479 e. The van der Waals surface area contributed by atoms with E-state index in [1.54, 1.807) is 22.3 Å². The number of nitrogens with zero attached hydrogens (tertiary/aromatic N) is 2. The summed E-state index contributed by atoms with van der Waals surface area (Å²) >= 11 is 1.54. The monoisotopic (exact) mass is 328 g/mol. The summed E-state index contributed by atoms with van der Waals surface area (Å²) in [4.78, 5) is 28.3. The molecule has 21 heavy (non-hydrogen) atoms. The number of hydrogen-bond donors (Lipinski definition) is 1. The molecule has 114 valence electrons. The van der Waals surface area contributed by atoms with Crippen LogP contribution in [0.15, 0.2) is 11.4 Å². The first-order valence-electron chi connectivity index (χ1n) is 6.77. The Balaban J connectivity index is 1.82. The maximum Gasteiger partial charge on any atom is 0.331 e. The van der Waals surface area contributed by atoms with Crippen LogP contribution in [0.5, 0.6) is 0 Å². The molecule has 1 fully saturated rings. The van der Waals surface area contributed by atoms with Gasteiger partial charge in [-0.15, -0.1) is 11.3 Å². The average molecular weight is 328 g/mol. The number of carbonyl (C=O) groups is 2. The Bertz CT molecular complexity index is 591. The molecule has 0 aromatic carbocycles. The fourth-order valence-electron chi connectivity index (χ4n) is 2.80. The molecule has 1 atom stereocenters. The van der Waals surface area contributed by atoms with E-state index in [1.807, 2.05) is 5.38 Å². The van der Waals surface area contributed by atoms with E-state index in [0.29, 0.717) is 37.6 Å². The molecular weight excluding hydrogens is 312 g/mol. The van der Waals surface area contributed by atoms with E-state index in [-0.39, 0.29) is 6.03 Å². The van der Waals surface area contributed by atoms with Gasteiger partial charge in [-0.1, -0.05) is 0 Å². The van der Waals surface area contributed by atoms with E-state index < -0.39 is 22.8 Å². The minimum absolute atomic E-state index is 0.254. The standard InChI is InChI=1S/C13H16N2O4S2/c16-12(17)11-9-2-6-20-10(9)1-3-15(11)13(18)14-4-7-21(19)8-5-14/h2,6,11H,1,3-5,7-8H2,(H,16,17). The Morgan fingerprint density at radius 2 is 2.00 bits per heavy atom. The molecule has 2 amide bonds. The first kappa shape index (κ1) is 14.5. The van der Waals surface area contributed by atoms with Gasteiger partial charge in [-0.3, -0.25) is 4.21 Å². The van der Waals surface area contributed by atoms with Crippen LogP contribution >= 0.6 is 11.3 Å². The van der Waals surface area contributed by atoms with Crippen LogP contribution < -0.4 is 0 Å². The maximum absolute atomic E-state index is 12.6. The van der Waals surface area contributed by atoms with Crippen LogP contribution in [0.4, 0.5) is 4.79 Å². The lowest BCUT2D eigenvalue weighted by Crippen LogP contribution is -2.52. The topological polar surface area (TPSA) is 77.9 Å². The second-order valence-corrected chi connectivity index (χ2v) is 7.80. The SMILES string of the molecule is O=C(O)C1c2ccsc2CCN1C(=O)N1CCS(=O)CC1. The van der Waals surface area contributed by atoms with Crippen molar-refractivity contribution < 1.29 is 18.9 Å². The predicted molar refractivity (Wildman–Crippen MR) is 80.0 cm³/mol. The Kier molecular flexibility index (Phi) is 3.99. The van der Waals surface area contributed by atoms with Crippen molar-refractivity contribution in [3.05, 3.63) is 21.9 Å². The highest BCUT2D eigenvalue weighted by Gasteiger charge is 2.38. The molecule has 0 saturated carbocycles. The number of hydrogen-bond acceptors (Lipinski definition) is 4. The van der Waals surface area contributed by atoms with E-state index in [2.05, 4.69) is 0 Å². The fraction of sp³-hybridized carbons (Fsp3) is 0.538. The lowest BCUT2D eigenvalue weighted by atomic mass is 10.0. The number of carboxylic acid groups (broad SMARTS) is 1. The highest BCUT2D eigenvalue weighted by atomic mass is 32.2. The van der Waals surface area contributed by atoms with Crippen LogP contribution in [0.3, 0.4) is 0 Å². The molecule has 0 aliphatic carbocycles. The number of rotatable bonds is 1. The summed E-state index contributed by atoms with van der Waals surface area (Å²) < 4.78 is 11.4. The lowest BCUT2D eigenvalue weighted by Gasteiger charge is -2.38. The zero-order valence-corrected chi connectivity index (χ0v) is 13.0. The molecule has 1 aromatic rings. The molecule has 1 saturated heterocycles. The number of fused-ring (bicyclic) bond motifs is 1. The van der Waals surface area contributed by atoms with Crippen molar-refractivity contribution in [3.63, 3.8) is 0 Å². The summed E-state index contributed by atoms with van der Waals surface area (Å²) in [6.07, 6.45) is 0.697. The Labute approximate surface area is 128 Å². The molecule has 1 unspecified atom stereocenters. The van der Waals surface area contributed by atoms with Gasteiger partial charge in [0.15, 0.2) is 6.04 Å². The minimum atomic E-state index is -0.997. The molecule has 0 spiro atoms. The molecule has 3 heterocycles. The second kappa shape index (κ2) is 5.76. The lowest BCUT2D eigenvalue weighted by molar-refractivity contribution is -0.143. The predicted octanol–water partition coefficient (Wildman–Crippen LogP) is 0.916. The summed E-state index contributed by atoms with van der Waals surface area (Å²) in [5, 5.41) is 11.4. The van der Waals surface area contributed by atoms with Gasteiger partial charge < -0.3 is 14.9 Å². The van der Waals surface area contributed by atoms with E-state index in [9.17, 15) is 18.9 Å². The van der Waals surface area contributed by atoms with Crippen molar-refractivity contribution in [3.8, 4) is 0 Å². The number of carboxylic acids is 1. The summed E-state index contributed by atoms with van der Waals surface area (Å²) in [6, 6.07) is 0.639. The van der Waals surface area contributed by atoms with Gasteiger partial charge >= 0.3 is 12.0 Å². The molecule has 1 N–H and O–H groups in total. The van der Waals surface area contributed by atoms with Crippen LogP contribution in [-0.2, 0) is 22.0 Å². The van der Waals surface area contributed by atoms with E-state index in [4.69, 9.17) is 0 Å². The van der Waals surface area contributed by atoms with Gasteiger partial charge in [0.2, 0.25) is 0 Å². The molecular formula is C13H16N2O4S2. The molecule has 3 rings (SSSR count). The number of thiophene rings is 1. The molecule has 8 heteroatoms. The van der Waals surface area contributed by atoms with Crippen molar-refractivity contribution in [2.45, 2.75) is 12.5 Å². The Morgan fingerprint density at radius 1 is 1.29 bits per heavy atom. The van der Waals surface area contributed by atoms with Crippen molar-refractivity contribution in [1.82, 2.24) is 9.80 Å². The van der Waals surface area contributed by atoms with Gasteiger partial charge in [-0.05, 0) is 23.4 Å². The number of urea groups is 1. The third-order valence-electron chi connectivity index (χ3n) is 3.89. The van der Waals surface area contributed by atoms with Gasteiger partial charge in [0, 0.05) is 46.8 Å². The normalized spacial score (nSPS) is 23.0. The van der Waals surface area contributed by atoms with Crippen molar-refractivity contribution in [2.24, 2.45) is 0 Å². The number of aliphatic carboxylic acids is 1. The van der Waals surface area contributed by atoms with Gasteiger partial charge in [0.1, 0.15) is 0 Å². The molecule has 6 nitrogen and oxygen atoms in total. The van der Waals surface area contributed by atoms with Crippen molar-refractivity contribution in [2.75, 3.05) is 31.1 Å². The van der Waals surface area contributed by atoms with Gasteiger partial charge in [0.25, 0.3) is 0 Å². The van der Waals surface area contributed by atoms with E-state index >= 15 is 0 Å². The minimum Gasteiger partial charge on any atom is -0.479 e. The molecule has 2 aliphatic heterocycles.